The van der Waals surface area contributed by atoms with E-state index in [1.165, 1.54) is 0 Å². The molecule has 0 rings (SSSR count). The van der Waals surface area contributed by atoms with E-state index in [-0.39, 0.29) is 0 Å². The first-order valence-corrected chi connectivity index (χ1v) is 2.82. The van der Waals surface area contributed by atoms with Crippen molar-refractivity contribution in [2.75, 3.05) is 14.1 Å². The van der Waals surface area contributed by atoms with Crippen molar-refractivity contribution in [3.05, 3.63) is 0 Å². The van der Waals surface area contributed by atoms with E-state index >= 15 is 0 Å². The van der Waals surface area contributed by atoms with E-state index in [1.54, 1.807) is 21.0 Å². The van der Waals surface area contributed by atoms with Crippen LogP contribution in [0.1, 0.15) is 6.92 Å². The fourth-order valence-corrected chi connectivity index (χ4v) is 0.287. The molecule has 0 bridgehead atoms. The minimum absolute atomic E-state index is 0.639. The fraction of sp³-hybridized carbons (Fsp3) is 0.750. The Morgan fingerprint density at radius 2 is 2.10 bits per heavy atom. The molecule has 0 unspecified atom stereocenters. The van der Waals surface area contributed by atoms with E-state index in [2.05, 4.69) is 31.8 Å². The highest BCUT2D eigenvalue weighted by atomic mass is 15.6. The molecule has 10 heavy (non-hydrogen) atoms. The Balaban J connectivity index is 3.49. The summed E-state index contributed by atoms with van der Waals surface area (Å²) in [5, 5.41) is 10.7. The van der Waals surface area contributed by atoms with Crippen molar-refractivity contribution in [2.24, 2.45) is 15.4 Å². The first-order valence-electron chi connectivity index (χ1n) is 2.82. The molecule has 0 aromatic heterocycles. The van der Waals surface area contributed by atoms with Gasteiger partial charge in [-0.3, -0.25) is 0 Å². The molecule has 0 atom stereocenters. The van der Waals surface area contributed by atoms with E-state index in [4.69, 9.17) is 0 Å². The van der Waals surface area contributed by atoms with Gasteiger partial charge >= 0.3 is 0 Å². The van der Waals surface area contributed by atoms with Crippen LogP contribution in [0.15, 0.2) is 15.4 Å². The second kappa shape index (κ2) is 5.96. The molecule has 0 aliphatic rings. The third-order valence-electron chi connectivity index (χ3n) is 0.647. The summed E-state index contributed by atoms with van der Waals surface area (Å²) in [5.41, 5.74) is 7.73. The topological polar surface area (TPSA) is 73.2 Å². The summed E-state index contributed by atoms with van der Waals surface area (Å²) in [5.74, 6) is 0.639. The molecule has 0 fully saturated rings. The highest BCUT2D eigenvalue weighted by Gasteiger charge is 1.82. The van der Waals surface area contributed by atoms with E-state index in [9.17, 15) is 0 Å². The highest BCUT2D eigenvalue weighted by Crippen LogP contribution is 1.67. The smallest absolute Gasteiger partial charge is 0.142 e. The van der Waals surface area contributed by atoms with Crippen molar-refractivity contribution in [2.45, 2.75) is 6.92 Å². The predicted octanol–water partition coefficient (Wildman–Crippen LogP) is -0.370. The number of rotatable bonds is 3. The van der Waals surface area contributed by atoms with Crippen molar-refractivity contribution in [1.29, 1.82) is 0 Å². The average Bonchev–Trinajstić information content (AvgIpc) is 1.97. The summed E-state index contributed by atoms with van der Waals surface area (Å²) in [7, 11) is 3.30. The number of hydrazine groups is 1. The monoisotopic (exact) mass is 144 g/mol. The third-order valence-corrected chi connectivity index (χ3v) is 0.647. The van der Waals surface area contributed by atoms with Crippen LogP contribution in [0.25, 0.3) is 0 Å². The zero-order valence-corrected chi connectivity index (χ0v) is 6.34. The van der Waals surface area contributed by atoms with E-state index < -0.39 is 0 Å². The van der Waals surface area contributed by atoms with Gasteiger partial charge < -0.3 is 0 Å². The molecule has 0 radical (unpaired) electrons. The molecule has 0 aromatic carbocycles. The lowest BCUT2D eigenvalue weighted by Gasteiger charge is -1.97. The Hall–Kier alpha value is -1.17. The van der Waals surface area contributed by atoms with Gasteiger partial charge in [-0.25, -0.2) is 16.4 Å². The van der Waals surface area contributed by atoms with Gasteiger partial charge in [0.2, 0.25) is 0 Å². The number of hydrogen-bond acceptors (Lipinski definition) is 5. The van der Waals surface area contributed by atoms with Crippen LogP contribution in [0, 0.1) is 0 Å². The number of hydrazone groups is 1. The van der Waals surface area contributed by atoms with Crippen LogP contribution in [0.5, 0.6) is 0 Å². The summed E-state index contributed by atoms with van der Waals surface area (Å²) in [4.78, 5) is 0. The van der Waals surface area contributed by atoms with Gasteiger partial charge in [0.25, 0.3) is 0 Å². The molecule has 0 heterocycles. The molecule has 6 nitrogen and oxygen atoms in total. The zero-order chi connectivity index (χ0) is 7.82. The summed E-state index contributed by atoms with van der Waals surface area (Å²) in [6.45, 7) is 1.76. The molecular formula is C4H12N6. The predicted molar refractivity (Wildman–Crippen MR) is 39.2 cm³/mol. The maximum Gasteiger partial charge on any atom is 0.142 e. The van der Waals surface area contributed by atoms with Crippen molar-refractivity contribution >= 4 is 5.84 Å². The number of amidine groups is 1. The summed E-state index contributed by atoms with van der Waals surface area (Å²) in [6, 6.07) is 0. The second-order valence-corrected chi connectivity index (χ2v) is 1.47. The van der Waals surface area contributed by atoms with Crippen LogP contribution < -0.4 is 16.4 Å². The highest BCUT2D eigenvalue weighted by molar-refractivity contribution is 5.78. The molecule has 0 aromatic rings. The number of hydrogen-bond donors (Lipinski definition) is 3. The van der Waals surface area contributed by atoms with Crippen LogP contribution in [0.2, 0.25) is 0 Å². The lowest BCUT2D eigenvalue weighted by molar-refractivity contribution is 0.626. The Morgan fingerprint density at radius 1 is 1.40 bits per heavy atom. The summed E-state index contributed by atoms with van der Waals surface area (Å²) in [6.07, 6.45) is 0. The molecule has 0 saturated carbocycles. The van der Waals surface area contributed by atoms with Crippen molar-refractivity contribution in [3.63, 3.8) is 0 Å². The van der Waals surface area contributed by atoms with Gasteiger partial charge in [-0.15, -0.1) is 0 Å². The molecule has 0 aliphatic carbocycles. The Bertz CT molecular complexity index is 128. The Labute approximate surface area is 59.7 Å². The van der Waals surface area contributed by atoms with Crippen molar-refractivity contribution < 1.29 is 0 Å². The standard InChI is InChI=1S/C4H12N6/c1-4(7-9-5-2)8-10-6-3/h5,9H,1-3H3,(H,6,7,8). The van der Waals surface area contributed by atoms with Crippen molar-refractivity contribution in [3.8, 4) is 0 Å². The normalized spacial score (nSPS) is 12.1. The summed E-state index contributed by atoms with van der Waals surface area (Å²) >= 11 is 0. The third kappa shape index (κ3) is 4.98. The Kier molecular flexibility index (Phi) is 5.26. The minimum atomic E-state index is 0.639. The van der Waals surface area contributed by atoms with E-state index in [1.807, 2.05) is 0 Å². The van der Waals surface area contributed by atoms with Gasteiger partial charge in [0.1, 0.15) is 5.84 Å². The van der Waals surface area contributed by atoms with Gasteiger partial charge in [-0.1, -0.05) is 5.22 Å². The van der Waals surface area contributed by atoms with Gasteiger partial charge in [0, 0.05) is 7.05 Å². The van der Waals surface area contributed by atoms with Crippen molar-refractivity contribution in [1.82, 2.24) is 16.4 Å². The molecule has 0 saturated heterocycles. The Morgan fingerprint density at radius 3 is 2.60 bits per heavy atom. The molecule has 0 spiro atoms. The first-order chi connectivity index (χ1) is 4.81. The quantitative estimate of drug-likeness (QED) is 0.219. The fourth-order valence-electron chi connectivity index (χ4n) is 0.287. The molecule has 3 N–H and O–H groups in total. The molecule has 0 amide bonds. The number of nitrogens with one attached hydrogen (secondary N) is 3. The second-order valence-electron chi connectivity index (χ2n) is 1.47. The average molecular weight is 144 g/mol. The van der Waals surface area contributed by atoms with Crippen LogP contribution in [0.4, 0.5) is 0 Å². The van der Waals surface area contributed by atoms with Gasteiger partial charge in [0.05, 0.1) is 7.05 Å². The lowest BCUT2D eigenvalue weighted by atomic mass is 10.7. The van der Waals surface area contributed by atoms with E-state index in [0.29, 0.717) is 5.84 Å². The maximum atomic E-state index is 3.77. The van der Waals surface area contributed by atoms with Crippen LogP contribution in [-0.4, -0.2) is 19.9 Å². The summed E-state index contributed by atoms with van der Waals surface area (Å²) < 4.78 is 0. The number of nitrogens with zero attached hydrogens (tertiary/aromatic N) is 3. The zero-order valence-electron chi connectivity index (χ0n) is 6.34. The van der Waals surface area contributed by atoms with Crippen LogP contribution in [0.3, 0.4) is 0 Å². The van der Waals surface area contributed by atoms with Gasteiger partial charge in [-0.2, -0.15) is 10.2 Å². The van der Waals surface area contributed by atoms with E-state index in [0.717, 1.165) is 0 Å². The lowest BCUT2D eigenvalue weighted by Crippen LogP contribution is -2.26. The first kappa shape index (κ1) is 8.83. The van der Waals surface area contributed by atoms with Crippen LogP contribution >= 0.6 is 0 Å². The van der Waals surface area contributed by atoms with Crippen LogP contribution in [-0.2, 0) is 0 Å². The molecule has 0 aliphatic heterocycles. The van der Waals surface area contributed by atoms with Gasteiger partial charge in [-0.05, 0) is 6.92 Å². The SMILES string of the molecule is CN=NNC(C)=NNNC. The maximum absolute atomic E-state index is 3.77. The minimum Gasteiger partial charge on any atom is -0.245 e. The largest absolute Gasteiger partial charge is 0.245 e. The molecular weight excluding hydrogens is 132 g/mol. The molecule has 6 heteroatoms. The molecule has 58 valence electrons. The van der Waals surface area contributed by atoms with Gasteiger partial charge in [0.15, 0.2) is 0 Å².